The van der Waals surface area contributed by atoms with Gasteiger partial charge in [0.2, 0.25) is 5.82 Å². The third kappa shape index (κ3) is 2.56. The van der Waals surface area contributed by atoms with Crippen molar-refractivity contribution in [1.29, 1.82) is 0 Å². The number of hydrogen-bond donors (Lipinski definition) is 2. The minimum atomic E-state index is -0.324. The SMILES string of the molecule is CNc1cn(C)c(C(=O)Nc2cc(C(C)=O)n(C)c2)n1. The van der Waals surface area contributed by atoms with Crippen LogP contribution in [0.25, 0.3) is 0 Å². The van der Waals surface area contributed by atoms with Crippen LogP contribution >= 0.6 is 0 Å². The van der Waals surface area contributed by atoms with Gasteiger partial charge in [-0.25, -0.2) is 4.98 Å². The second kappa shape index (κ2) is 5.20. The summed E-state index contributed by atoms with van der Waals surface area (Å²) < 4.78 is 3.31. The summed E-state index contributed by atoms with van der Waals surface area (Å²) in [6.45, 7) is 1.49. The highest BCUT2D eigenvalue weighted by Gasteiger charge is 2.15. The highest BCUT2D eigenvalue weighted by Crippen LogP contribution is 2.15. The first-order chi connectivity index (χ1) is 9.42. The molecule has 0 radical (unpaired) electrons. The van der Waals surface area contributed by atoms with E-state index in [1.165, 1.54) is 6.92 Å². The van der Waals surface area contributed by atoms with E-state index in [2.05, 4.69) is 15.6 Å². The fourth-order valence-corrected chi connectivity index (χ4v) is 1.97. The van der Waals surface area contributed by atoms with Crippen LogP contribution in [-0.2, 0) is 14.1 Å². The van der Waals surface area contributed by atoms with Gasteiger partial charge in [0.1, 0.15) is 5.82 Å². The van der Waals surface area contributed by atoms with Crippen LogP contribution in [0.2, 0.25) is 0 Å². The molecule has 1 amide bonds. The molecule has 2 aromatic heterocycles. The zero-order chi connectivity index (χ0) is 14.9. The van der Waals surface area contributed by atoms with E-state index in [0.29, 0.717) is 23.0 Å². The number of carbonyl (C=O) groups is 2. The van der Waals surface area contributed by atoms with Crippen molar-refractivity contribution in [3.8, 4) is 0 Å². The van der Waals surface area contributed by atoms with Crippen molar-refractivity contribution in [2.24, 2.45) is 14.1 Å². The first-order valence-corrected chi connectivity index (χ1v) is 6.12. The summed E-state index contributed by atoms with van der Waals surface area (Å²) in [5, 5.41) is 5.60. The molecule has 0 atom stereocenters. The first kappa shape index (κ1) is 13.9. The topological polar surface area (TPSA) is 81.0 Å². The fourth-order valence-electron chi connectivity index (χ4n) is 1.97. The number of amides is 1. The van der Waals surface area contributed by atoms with E-state index in [4.69, 9.17) is 0 Å². The first-order valence-electron chi connectivity index (χ1n) is 6.12. The molecule has 20 heavy (non-hydrogen) atoms. The lowest BCUT2D eigenvalue weighted by Crippen LogP contribution is -2.16. The molecule has 0 saturated carbocycles. The smallest absolute Gasteiger partial charge is 0.291 e. The second-order valence-electron chi connectivity index (χ2n) is 4.55. The maximum absolute atomic E-state index is 12.1. The maximum atomic E-state index is 12.1. The van der Waals surface area contributed by atoms with E-state index in [9.17, 15) is 9.59 Å². The third-order valence-electron chi connectivity index (χ3n) is 2.96. The number of ketones is 1. The van der Waals surface area contributed by atoms with Gasteiger partial charge in [-0.3, -0.25) is 9.59 Å². The van der Waals surface area contributed by atoms with Crippen molar-refractivity contribution < 1.29 is 9.59 Å². The molecule has 2 rings (SSSR count). The molecule has 7 heteroatoms. The predicted octanol–water partition coefficient (Wildman–Crippen LogP) is 1.26. The third-order valence-corrected chi connectivity index (χ3v) is 2.96. The maximum Gasteiger partial charge on any atom is 0.291 e. The van der Waals surface area contributed by atoms with Gasteiger partial charge < -0.3 is 19.8 Å². The van der Waals surface area contributed by atoms with Crippen LogP contribution in [0.3, 0.4) is 0 Å². The zero-order valence-corrected chi connectivity index (χ0v) is 11.9. The molecular formula is C13H17N5O2. The molecule has 2 aromatic rings. The number of rotatable bonds is 4. The van der Waals surface area contributed by atoms with E-state index in [1.807, 2.05) is 0 Å². The van der Waals surface area contributed by atoms with Crippen molar-refractivity contribution in [2.45, 2.75) is 6.92 Å². The molecule has 0 aromatic carbocycles. The van der Waals surface area contributed by atoms with Crippen LogP contribution in [0.1, 0.15) is 28.0 Å². The molecule has 0 aliphatic rings. The number of Topliss-reactive ketones (excluding diaryl/α,β-unsaturated/α-hetero) is 1. The van der Waals surface area contributed by atoms with Gasteiger partial charge in [0.15, 0.2) is 5.78 Å². The Morgan fingerprint density at radius 1 is 1.20 bits per heavy atom. The van der Waals surface area contributed by atoms with Crippen LogP contribution in [-0.4, -0.2) is 32.9 Å². The van der Waals surface area contributed by atoms with Gasteiger partial charge >= 0.3 is 0 Å². The van der Waals surface area contributed by atoms with Crippen LogP contribution in [0.5, 0.6) is 0 Å². The number of nitrogens with zero attached hydrogens (tertiary/aromatic N) is 3. The summed E-state index contributed by atoms with van der Waals surface area (Å²) in [7, 11) is 5.24. The Bertz CT molecular complexity index is 668. The Hall–Kier alpha value is -2.57. The summed E-state index contributed by atoms with van der Waals surface area (Å²) in [6, 6.07) is 1.64. The highest BCUT2D eigenvalue weighted by atomic mass is 16.2. The van der Waals surface area contributed by atoms with Crippen LogP contribution in [0.15, 0.2) is 18.5 Å². The average Bonchev–Trinajstić information content (AvgIpc) is 2.92. The van der Waals surface area contributed by atoms with E-state index in [-0.39, 0.29) is 11.7 Å². The molecule has 7 nitrogen and oxygen atoms in total. The molecule has 0 bridgehead atoms. The lowest BCUT2D eigenvalue weighted by Gasteiger charge is -2.01. The molecule has 106 valence electrons. The zero-order valence-electron chi connectivity index (χ0n) is 11.9. The van der Waals surface area contributed by atoms with Gasteiger partial charge in [0.25, 0.3) is 5.91 Å². The summed E-state index contributed by atoms with van der Waals surface area (Å²) in [5.74, 6) is 0.537. The Kier molecular flexibility index (Phi) is 3.60. The van der Waals surface area contributed by atoms with Crippen molar-refractivity contribution in [2.75, 3.05) is 17.7 Å². The van der Waals surface area contributed by atoms with Gasteiger partial charge in [0.05, 0.1) is 11.4 Å². The highest BCUT2D eigenvalue weighted by molar-refractivity contribution is 6.03. The minimum Gasteiger partial charge on any atom is -0.372 e. The Balaban J connectivity index is 2.21. The molecule has 0 aliphatic carbocycles. The summed E-state index contributed by atoms with van der Waals surface area (Å²) >= 11 is 0. The van der Waals surface area contributed by atoms with E-state index in [0.717, 1.165) is 0 Å². The predicted molar refractivity (Wildman–Crippen MR) is 76.1 cm³/mol. The van der Waals surface area contributed by atoms with Gasteiger partial charge in [0, 0.05) is 40.5 Å². The van der Waals surface area contributed by atoms with Crippen molar-refractivity contribution >= 4 is 23.2 Å². The minimum absolute atomic E-state index is 0.0533. The number of hydrogen-bond acceptors (Lipinski definition) is 4. The average molecular weight is 275 g/mol. The van der Waals surface area contributed by atoms with Gasteiger partial charge in [-0.05, 0) is 6.07 Å². The van der Waals surface area contributed by atoms with E-state index >= 15 is 0 Å². The number of aromatic nitrogens is 3. The normalized spacial score (nSPS) is 10.4. The molecular weight excluding hydrogens is 258 g/mol. The molecule has 0 aliphatic heterocycles. The molecule has 0 spiro atoms. The standard InChI is InChI=1S/C13H17N5O2/c1-8(19)10-5-9(6-17(10)3)15-13(20)12-16-11(14-2)7-18(12)4/h5-7,14H,1-4H3,(H,15,20). The largest absolute Gasteiger partial charge is 0.372 e. The van der Waals surface area contributed by atoms with Gasteiger partial charge in [-0.15, -0.1) is 0 Å². The lowest BCUT2D eigenvalue weighted by atomic mass is 10.3. The number of carbonyl (C=O) groups excluding carboxylic acids is 2. The van der Waals surface area contributed by atoms with Gasteiger partial charge in [-0.1, -0.05) is 0 Å². The summed E-state index contributed by atoms with van der Waals surface area (Å²) in [6.07, 6.45) is 3.41. The number of nitrogens with one attached hydrogen (secondary N) is 2. The van der Waals surface area contributed by atoms with Crippen molar-refractivity contribution in [3.05, 3.63) is 30.0 Å². The van der Waals surface area contributed by atoms with E-state index in [1.54, 1.807) is 48.7 Å². The Labute approximate surface area is 116 Å². The van der Waals surface area contributed by atoms with E-state index < -0.39 is 0 Å². The van der Waals surface area contributed by atoms with Crippen LogP contribution in [0.4, 0.5) is 11.5 Å². The molecule has 0 unspecified atom stereocenters. The molecule has 0 saturated heterocycles. The second-order valence-corrected chi connectivity index (χ2v) is 4.55. The quantitative estimate of drug-likeness (QED) is 0.823. The Morgan fingerprint density at radius 2 is 1.90 bits per heavy atom. The summed E-state index contributed by atoms with van der Waals surface area (Å²) in [4.78, 5) is 27.7. The molecule has 2 heterocycles. The molecule has 2 N–H and O–H groups in total. The van der Waals surface area contributed by atoms with Crippen LogP contribution in [0, 0.1) is 0 Å². The van der Waals surface area contributed by atoms with Crippen molar-refractivity contribution in [3.63, 3.8) is 0 Å². The lowest BCUT2D eigenvalue weighted by molar-refractivity contribution is 0.0998. The number of anilines is 2. The Morgan fingerprint density at radius 3 is 2.40 bits per heavy atom. The van der Waals surface area contributed by atoms with Gasteiger partial charge in [-0.2, -0.15) is 0 Å². The fraction of sp³-hybridized carbons (Fsp3) is 0.308. The molecule has 0 fully saturated rings. The monoisotopic (exact) mass is 275 g/mol. The number of imidazole rings is 1. The van der Waals surface area contributed by atoms with Crippen LogP contribution < -0.4 is 10.6 Å². The summed E-state index contributed by atoms with van der Waals surface area (Å²) in [5.41, 5.74) is 1.10. The van der Waals surface area contributed by atoms with Crippen molar-refractivity contribution in [1.82, 2.24) is 14.1 Å². The number of aryl methyl sites for hydroxylation is 2.